The van der Waals surface area contributed by atoms with Gasteiger partial charge in [-0.3, -0.25) is 0 Å². The molecule has 0 saturated heterocycles. The van der Waals surface area contributed by atoms with E-state index >= 15 is 0 Å². The molecule has 0 heterocycles. The highest BCUT2D eigenvalue weighted by Gasteiger charge is 2.13. The number of hydrogen-bond donors (Lipinski definition) is 2. The van der Waals surface area contributed by atoms with Crippen LogP contribution in [-0.2, 0) is 4.74 Å². The molecule has 2 aromatic carbocycles. The normalized spacial score (nSPS) is 11.4. The second-order valence-electron chi connectivity index (χ2n) is 4.82. The third-order valence-corrected chi connectivity index (χ3v) is 3.08. The van der Waals surface area contributed by atoms with Crippen LogP contribution in [0, 0.1) is 11.6 Å². The quantitative estimate of drug-likeness (QED) is 0.799. The lowest BCUT2D eigenvalue weighted by molar-refractivity contribution is 0.239. The number of methoxy groups -OCH3 is 1. The first-order valence-corrected chi connectivity index (χ1v) is 6.93. The number of anilines is 1. The molecule has 2 rings (SSSR count). The number of hydrogen-bond acceptors (Lipinski definition) is 4. The number of nitrogen functional groups attached to an aromatic ring is 1. The zero-order chi connectivity index (χ0) is 16.8. The van der Waals surface area contributed by atoms with Gasteiger partial charge in [-0.1, -0.05) is 0 Å². The van der Waals surface area contributed by atoms with E-state index in [1.54, 1.807) is 38.6 Å². The molecule has 0 aliphatic rings. The van der Waals surface area contributed by atoms with Gasteiger partial charge in [0.25, 0.3) is 0 Å². The smallest absolute Gasteiger partial charge is 0.168 e. The molecule has 0 aromatic heterocycles. The third kappa shape index (κ3) is 4.20. The monoisotopic (exact) mass is 320 g/mol. The minimum Gasteiger partial charge on any atom is -0.454 e. The number of halogens is 2. The number of nitrogens with one attached hydrogen (secondary N) is 1. The first-order chi connectivity index (χ1) is 11.0. The molecule has 0 aliphatic carbocycles. The van der Waals surface area contributed by atoms with Crippen LogP contribution in [0.4, 0.5) is 14.5 Å². The number of rotatable bonds is 6. The van der Waals surface area contributed by atoms with E-state index in [1.165, 1.54) is 6.07 Å². The molecule has 23 heavy (non-hydrogen) atoms. The fraction of sp³-hybridized carbons (Fsp3) is 0.176. The summed E-state index contributed by atoms with van der Waals surface area (Å²) < 4.78 is 37.6. The van der Waals surface area contributed by atoms with E-state index in [0.29, 0.717) is 23.6 Å². The van der Waals surface area contributed by atoms with Gasteiger partial charge in [-0.05, 0) is 30.3 Å². The zero-order valence-corrected chi connectivity index (χ0v) is 12.9. The second kappa shape index (κ2) is 7.60. The van der Waals surface area contributed by atoms with Crippen molar-refractivity contribution in [2.24, 2.45) is 0 Å². The molecule has 0 amide bonds. The summed E-state index contributed by atoms with van der Waals surface area (Å²) in [6.07, 6.45) is 1.74. The Labute approximate surface area is 133 Å². The summed E-state index contributed by atoms with van der Waals surface area (Å²) in [6, 6.07) is 8.12. The van der Waals surface area contributed by atoms with Gasteiger partial charge in [0.1, 0.15) is 11.6 Å². The zero-order valence-electron chi connectivity index (χ0n) is 12.9. The lowest BCUT2D eigenvalue weighted by atomic mass is 10.1. The van der Waals surface area contributed by atoms with Gasteiger partial charge in [0.2, 0.25) is 0 Å². The van der Waals surface area contributed by atoms with Crippen LogP contribution in [-0.4, -0.2) is 20.8 Å². The highest BCUT2D eigenvalue weighted by atomic mass is 19.1. The van der Waals surface area contributed by atoms with Crippen LogP contribution in [0.25, 0.3) is 5.57 Å². The number of benzene rings is 2. The fourth-order valence-electron chi connectivity index (χ4n) is 2.09. The van der Waals surface area contributed by atoms with Gasteiger partial charge in [0.05, 0.1) is 6.61 Å². The summed E-state index contributed by atoms with van der Waals surface area (Å²) in [6.45, 7) is 0.312. The summed E-state index contributed by atoms with van der Waals surface area (Å²) in [7, 11) is 3.32. The third-order valence-electron chi connectivity index (χ3n) is 3.08. The highest BCUT2D eigenvalue weighted by Crippen LogP contribution is 2.33. The van der Waals surface area contributed by atoms with Crippen LogP contribution in [0.1, 0.15) is 5.56 Å². The Kier molecular flexibility index (Phi) is 5.54. The first-order valence-electron chi connectivity index (χ1n) is 6.93. The Morgan fingerprint density at radius 1 is 1.17 bits per heavy atom. The molecule has 0 radical (unpaired) electrons. The van der Waals surface area contributed by atoms with E-state index in [4.69, 9.17) is 15.2 Å². The van der Waals surface area contributed by atoms with Gasteiger partial charge in [0.15, 0.2) is 11.6 Å². The van der Waals surface area contributed by atoms with Crippen LogP contribution in [0.3, 0.4) is 0 Å². The van der Waals surface area contributed by atoms with Crippen LogP contribution in [0.15, 0.2) is 42.6 Å². The standard InChI is InChI=1S/C17H18F2N2O2/c1-21-9-11(10-22-2)14-8-13(20)4-6-16(14)23-17-5-3-12(18)7-15(17)19/h3-9,21H,10,20H2,1-2H3/b11-9+. The largest absolute Gasteiger partial charge is 0.454 e. The minimum absolute atomic E-state index is 0.0707. The van der Waals surface area contributed by atoms with Crippen LogP contribution in [0.5, 0.6) is 11.5 Å². The van der Waals surface area contributed by atoms with Gasteiger partial charge in [-0.15, -0.1) is 0 Å². The van der Waals surface area contributed by atoms with E-state index in [9.17, 15) is 8.78 Å². The highest BCUT2D eigenvalue weighted by molar-refractivity contribution is 5.74. The molecular formula is C17H18F2N2O2. The van der Waals surface area contributed by atoms with Crippen LogP contribution >= 0.6 is 0 Å². The van der Waals surface area contributed by atoms with Crippen molar-refractivity contribution in [2.75, 3.05) is 26.5 Å². The summed E-state index contributed by atoms with van der Waals surface area (Å²) >= 11 is 0. The molecule has 0 unspecified atom stereocenters. The lowest BCUT2D eigenvalue weighted by Crippen LogP contribution is -2.04. The predicted molar refractivity (Wildman–Crippen MR) is 86.2 cm³/mol. The van der Waals surface area contributed by atoms with E-state index < -0.39 is 11.6 Å². The van der Waals surface area contributed by atoms with Crippen molar-refractivity contribution < 1.29 is 18.3 Å². The van der Waals surface area contributed by atoms with E-state index in [-0.39, 0.29) is 5.75 Å². The Morgan fingerprint density at radius 2 is 1.91 bits per heavy atom. The molecule has 2 aromatic rings. The fourth-order valence-corrected chi connectivity index (χ4v) is 2.09. The van der Waals surface area contributed by atoms with Crippen molar-refractivity contribution in [2.45, 2.75) is 0 Å². The first kappa shape index (κ1) is 16.8. The molecule has 6 heteroatoms. The second-order valence-corrected chi connectivity index (χ2v) is 4.82. The molecule has 122 valence electrons. The van der Waals surface area contributed by atoms with Gasteiger partial charge in [-0.25, -0.2) is 8.78 Å². The van der Waals surface area contributed by atoms with Crippen LogP contribution in [0.2, 0.25) is 0 Å². The predicted octanol–water partition coefficient (Wildman–Crippen LogP) is 3.55. The average molecular weight is 320 g/mol. The van der Waals surface area contributed by atoms with E-state index in [2.05, 4.69) is 5.32 Å². The topological polar surface area (TPSA) is 56.5 Å². The molecule has 3 N–H and O–H groups in total. The molecule has 0 aliphatic heterocycles. The summed E-state index contributed by atoms with van der Waals surface area (Å²) in [5, 5.41) is 2.92. The number of nitrogens with two attached hydrogens (primary N) is 1. The lowest BCUT2D eigenvalue weighted by Gasteiger charge is -2.15. The van der Waals surface area contributed by atoms with Gasteiger partial charge >= 0.3 is 0 Å². The molecule has 0 fully saturated rings. The Hall–Kier alpha value is -2.60. The summed E-state index contributed by atoms with van der Waals surface area (Å²) in [5.41, 5.74) is 7.80. The van der Waals surface area contributed by atoms with Gasteiger partial charge in [0, 0.05) is 43.2 Å². The molecule has 0 spiro atoms. The van der Waals surface area contributed by atoms with Crippen molar-refractivity contribution in [1.29, 1.82) is 0 Å². The molecule has 0 saturated carbocycles. The van der Waals surface area contributed by atoms with Crippen molar-refractivity contribution in [3.05, 3.63) is 59.8 Å². The van der Waals surface area contributed by atoms with Crippen molar-refractivity contribution >= 4 is 11.3 Å². The summed E-state index contributed by atoms with van der Waals surface area (Å²) in [4.78, 5) is 0. The van der Waals surface area contributed by atoms with Gasteiger partial charge < -0.3 is 20.5 Å². The maximum absolute atomic E-state index is 13.8. The Morgan fingerprint density at radius 3 is 2.57 bits per heavy atom. The Bertz CT molecular complexity index is 718. The van der Waals surface area contributed by atoms with E-state index in [1.807, 2.05) is 0 Å². The SMILES string of the molecule is CN/C=C(\COC)c1cc(N)ccc1Oc1ccc(F)cc1F. The average Bonchev–Trinajstić information content (AvgIpc) is 2.51. The number of ether oxygens (including phenoxy) is 2. The molecule has 4 nitrogen and oxygen atoms in total. The summed E-state index contributed by atoms with van der Waals surface area (Å²) in [5.74, 6) is -1.12. The molecule has 0 bridgehead atoms. The van der Waals surface area contributed by atoms with Crippen molar-refractivity contribution in [3.8, 4) is 11.5 Å². The molecule has 0 atom stereocenters. The van der Waals surface area contributed by atoms with Crippen LogP contribution < -0.4 is 15.8 Å². The Balaban J connectivity index is 2.44. The molecular weight excluding hydrogens is 302 g/mol. The minimum atomic E-state index is -0.779. The van der Waals surface area contributed by atoms with E-state index in [0.717, 1.165) is 17.7 Å². The maximum atomic E-state index is 13.8. The van der Waals surface area contributed by atoms with Crippen molar-refractivity contribution in [3.63, 3.8) is 0 Å². The van der Waals surface area contributed by atoms with Gasteiger partial charge in [-0.2, -0.15) is 0 Å². The maximum Gasteiger partial charge on any atom is 0.168 e. The van der Waals surface area contributed by atoms with Crippen molar-refractivity contribution in [1.82, 2.24) is 5.32 Å².